The third-order valence-electron chi connectivity index (χ3n) is 3.32. The maximum atomic E-state index is 11.9. The summed E-state index contributed by atoms with van der Waals surface area (Å²) in [7, 11) is 2.97. The van der Waals surface area contributed by atoms with Crippen LogP contribution in [0.25, 0.3) is 0 Å². The number of carboxylic acids is 1. The lowest BCUT2D eigenvalue weighted by Crippen LogP contribution is -2.61. The quantitative estimate of drug-likeness (QED) is 0.542. The van der Waals surface area contributed by atoms with E-state index < -0.39 is 17.5 Å². The smallest absolute Gasteiger partial charge is 0.329 e. The molecule has 0 aromatic rings. The Morgan fingerprint density at radius 2 is 2.00 bits per heavy atom. The van der Waals surface area contributed by atoms with E-state index in [1.165, 1.54) is 14.2 Å². The fourth-order valence-electron chi connectivity index (χ4n) is 1.86. The first-order valence-electron chi connectivity index (χ1n) is 6.43. The SMILES string of the molecule is COCCNC(=O)CN(C)C(=O)NC1(C(=O)O)CCC1. The predicted molar refractivity (Wildman–Crippen MR) is 70.3 cm³/mol. The van der Waals surface area contributed by atoms with Crippen molar-refractivity contribution in [3.8, 4) is 0 Å². The summed E-state index contributed by atoms with van der Waals surface area (Å²) in [6.45, 7) is 0.624. The number of hydrogen-bond donors (Lipinski definition) is 3. The number of carbonyl (C=O) groups is 3. The van der Waals surface area contributed by atoms with Gasteiger partial charge in [0.15, 0.2) is 0 Å². The van der Waals surface area contributed by atoms with Crippen molar-refractivity contribution in [2.75, 3.05) is 33.9 Å². The average molecular weight is 287 g/mol. The van der Waals surface area contributed by atoms with Crippen molar-refractivity contribution in [1.29, 1.82) is 0 Å². The van der Waals surface area contributed by atoms with Crippen molar-refractivity contribution in [2.24, 2.45) is 0 Å². The maximum Gasteiger partial charge on any atom is 0.329 e. The molecule has 0 saturated heterocycles. The first kappa shape index (κ1) is 16.2. The lowest BCUT2D eigenvalue weighted by atomic mass is 9.77. The van der Waals surface area contributed by atoms with Gasteiger partial charge in [-0.25, -0.2) is 9.59 Å². The zero-order valence-corrected chi connectivity index (χ0v) is 11.8. The van der Waals surface area contributed by atoms with Crippen LogP contribution in [-0.2, 0) is 14.3 Å². The molecule has 0 heterocycles. The first-order chi connectivity index (χ1) is 9.41. The highest BCUT2D eigenvalue weighted by Gasteiger charge is 2.46. The topological polar surface area (TPSA) is 108 Å². The fraction of sp³-hybridized carbons (Fsp3) is 0.750. The normalized spacial score (nSPS) is 15.9. The molecule has 1 fully saturated rings. The summed E-state index contributed by atoms with van der Waals surface area (Å²) in [6, 6.07) is -0.561. The van der Waals surface area contributed by atoms with Crippen LogP contribution >= 0.6 is 0 Å². The average Bonchev–Trinajstić information content (AvgIpc) is 2.33. The van der Waals surface area contributed by atoms with Gasteiger partial charge in [0.2, 0.25) is 5.91 Å². The van der Waals surface area contributed by atoms with Crippen molar-refractivity contribution in [3.05, 3.63) is 0 Å². The minimum atomic E-state index is -1.17. The second kappa shape index (κ2) is 7.09. The molecule has 0 aliphatic heterocycles. The van der Waals surface area contributed by atoms with Crippen LogP contribution in [0.15, 0.2) is 0 Å². The van der Waals surface area contributed by atoms with Gasteiger partial charge in [-0.15, -0.1) is 0 Å². The van der Waals surface area contributed by atoms with Crippen LogP contribution in [0.2, 0.25) is 0 Å². The van der Waals surface area contributed by atoms with Crippen molar-refractivity contribution in [3.63, 3.8) is 0 Å². The Labute approximate surface area is 117 Å². The number of hydrogen-bond acceptors (Lipinski definition) is 4. The molecule has 0 atom stereocenters. The van der Waals surface area contributed by atoms with E-state index in [9.17, 15) is 14.4 Å². The van der Waals surface area contributed by atoms with E-state index in [-0.39, 0.29) is 12.5 Å². The lowest BCUT2D eigenvalue weighted by Gasteiger charge is -2.39. The van der Waals surface area contributed by atoms with Crippen molar-refractivity contribution in [1.82, 2.24) is 15.5 Å². The Kier molecular flexibility index (Phi) is 5.75. The van der Waals surface area contributed by atoms with E-state index in [0.29, 0.717) is 26.0 Å². The number of rotatable bonds is 7. The van der Waals surface area contributed by atoms with Crippen LogP contribution in [0.4, 0.5) is 4.79 Å². The number of ether oxygens (including phenoxy) is 1. The molecular formula is C12H21N3O5. The van der Waals surface area contributed by atoms with E-state index in [4.69, 9.17) is 9.84 Å². The molecule has 0 radical (unpaired) electrons. The zero-order chi connectivity index (χ0) is 15.2. The highest BCUT2D eigenvalue weighted by Crippen LogP contribution is 2.32. The molecule has 3 amide bonds. The van der Waals surface area contributed by atoms with Crippen LogP contribution in [0.5, 0.6) is 0 Å². The lowest BCUT2D eigenvalue weighted by molar-refractivity contribution is -0.148. The first-order valence-corrected chi connectivity index (χ1v) is 6.43. The Morgan fingerprint density at radius 3 is 2.45 bits per heavy atom. The number of methoxy groups -OCH3 is 1. The second-order valence-corrected chi connectivity index (χ2v) is 4.87. The second-order valence-electron chi connectivity index (χ2n) is 4.87. The summed E-state index contributed by atoms with van der Waals surface area (Å²) in [5, 5.41) is 14.2. The number of carbonyl (C=O) groups excluding carboxylic acids is 2. The molecule has 0 spiro atoms. The van der Waals surface area contributed by atoms with Crippen LogP contribution in [-0.4, -0.2) is 67.3 Å². The largest absolute Gasteiger partial charge is 0.480 e. The predicted octanol–water partition coefficient (Wildman–Crippen LogP) is -0.602. The minimum absolute atomic E-state index is 0.134. The molecule has 114 valence electrons. The monoisotopic (exact) mass is 287 g/mol. The molecule has 0 unspecified atom stereocenters. The molecule has 3 N–H and O–H groups in total. The third-order valence-corrected chi connectivity index (χ3v) is 3.32. The number of urea groups is 1. The summed E-state index contributed by atoms with van der Waals surface area (Å²) in [5.41, 5.74) is -1.17. The molecule has 1 aliphatic carbocycles. The van der Waals surface area contributed by atoms with E-state index >= 15 is 0 Å². The van der Waals surface area contributed by atoms with E-state index in [2.05, 4.69) is 10.6 Å². The van der Waals surface area contributed by atoms with Crippen LogP contribution in [0.1, 0.15) is 19.3 Å². The van der Waals surface area contributed by atoms with Crippen LogP contribution < -0.4 is 10.6 Å². The molecular weight excluding hydrogens is 266 g/mol. The van der Waals surface area contributed by atoms with Gasteiger partial charge in [0.25, 0.3) is 0 Å². The standard InChI is InChI=1S/C12H21N3O5/c1-15(8-9(16)13-6-7-20-2)11(19)14-12(10(17)18)4-3-5-12/h3-8H2,1-2H3,(H,13,16)(H,14,19)(H,17,18). The van der Waals surface area contributed by atoms with Gasteiger partial charge in [-0.2, -0.15) is 0 Å². The number of amides is 3. The number of carboxylic acid groups (broad SMARTS) is 1. The summed E-state index contributed by atoms with van der Waals surface area (Å²) < 4.78 is 4.79. The molecule has 20 heavy (non-hydrogen) atoms. The van der Waals surface area contributed by atoms with E-state index in [1.54, 1.807) is 0 Å². The zero-order valence-electron chi connectivity index (χ0n) is 11.8. The molecule has 0 aromatic heterocycles. The fourth-order valence-corrected chi connectivity index (χ4v) is 1.86. The summed E-state index contributed by atoms with van der Waals surface area (Å²) in [5.74, 6) is -1.35. The van der Waals surface area contributed by atoms with E-state index in [1.807, 2.05) is 0 Å². The number of nitrogens with one attached hydrogen (secondary N) is 2. The van der Waals surface area contributed by atoms with Gasteiger partial charge in [0, 0.05) is 20.7 Å². The minimum Gasteiger partial charge on any atom is -0.480 e. The maximum absolute atomic E-state index is 11.9. The van der Waals surface area contributed by atoms with Gasteiger partial charge < -0.3 is 25.4 Å². The van der Waals surface area contributed by atoms with Crippen LogP contribution in [0.3, 0.4) is 0 Å². The van der Waals surface area contributed by atoms with Gasteiger partial charge >= 0.3 is 12.0 Å². The summed E-state index contributed by atoms with van der Waals surface area (Å²) in [6.07, 6.45) is 1.61. The molecule has 8 heteroatoms. The Hall–Kier alpha value is -1.83. The summed E-state index contributed by atoms with van der Waals surface area (Å²) in [4.78, 5) is 35.7. The molecule has 0 aromatic carbocycles. The molecule has 1 rings (SSSR count). The molecule has 8 nitrogen and oxygen atoms in total. The van der Waals surface area contributed by atoms with Crippen molar-refractivity contribution < 1.29 is 24.2 Å². The Balaban J connectivity index is 2.39. The highest BCUT2D eigenvalue weighted by atomic mass is 16.5. The number of aliphatic carboxylic acids is 1. The Bertz CT molecular complexity index is 381. The van der Waals surface area contributed by atoms with Crippen molar-refractivity contribution >= 4 is 17.9 Å². The van der Waals surface area contributed by atoms with Gasteiger partial charge in [-0.1, -0.05) is 0 Å². The van der Waals surface area contributed by atoms with Gasteiger partial charge in [0.05, 0.1) is 6.61 Å². The molecule has 1 saturated carbocycles. The molecule has 0 bridgehead atoms. The van der Waals surface area contributed by atoms with Crippen molar-refractivity contribution in [2.45, 2.75) is 24.8 Å². The van der Waals surface area contributed by atoms with Gasteiger partial charge in [0.1, 0.15) is 12.1 Å². The summed E-state index contributed by atoms with van der Waals surface area (Å²) >= 11 is 0. The Morgan fingerprint density at radius 1 is 1.35 bits per heavy atom. The molecule has 1 aliphatic rings. The third kappa shape index (κ3) is 4.09. The van der Waals surface area contributed by atoms with Gasteiger partial charge in [-0.05, 0) is 19.3 Å². The van der Waals surface area contributed by atoms with Crippen LogP contribution in [0, 0.1) is 0 Å². The van der Waals surface area contributed by atoms with E-state index in [0.717, 1.165) is 11.3 Å². The highest BCUT2D eigenvalue weighted by molar-refractivity contribution is 5.89. The number of nitrogens with zero attached hydrogens (tertiary/aromatic N) is 1. The number of likely N-dealkylation sites (N-methyl/N-ethyl adjacent to an activating group) is 1. The van der Waals surface area contributed by atoms with Gasteiger partial charge in [-0.3, -0.25) is 4.79 Å².